The molecule has 24 heavy (non-hydrogen) atoms. The van der Waals surface area contributed by atoms with E-state index in [1.165, 1.54) is 32.1 Å². The molecule has 5 nitrogen and oxygen atoms in total. The Morgan fingerprint density at radius 2 is 1.96 bits per heavy atom. The molecular weight excluding hydrogens is 415 g/mol. The number of halogens is 1. The van der Waals surface area contributed by atoms with Crippen LogP contribution in [0.2, 0.25) is 0 Å². The largest absolute Gasteiger partial charge is 0.488 e. The summed E-state index contributed by atoms with van der Waals surface area (Å²) < 4.78 is 6.72. The van der Waals surface area contributed by atoms with Crippen molar-refractivity contribution in [1.29, 1.82) is 0 Å². The van der Waals surface area contributed by atoms with Gasteiger partial charge in [0.1, 0.15) is 17.7 Å². The Kier molecular flexibility index (Phi) is 5.32. The van der Waals surface area contributed by atoms with Crippen molar-refractivity contribution in [1.82, 2.24) is 9.97 Å². The summed E-state index contributed by atoms with van der Waals surface area (Å²) in [4.78, 5) is 8.39. The Balaban J connectivity index is 1.97. The highest BCUT2D eigenvalue weighted by molar-refractivity contribution is 14.1. The topological polar surface area (TPSA) is 87.0 Å². The second-order valence-corrected chi connectivity index (χ2v) is 8.76. The molecule has 0 aliphatic heterocycles. The van der Waals surface area contributed by atoms with E-state index in [0.717, 1.165) is 29.5 Å². The Hall–Kier alpha value is -1.31. The SMILES string of the molecule is CCCC(Oc1cccc2nc(N)nc(N)c12)C1(I)CCCCC1. The molecule has 0 bridgehead atoms. The van der Waals surface area contributed by atoms with Gasteiger partial charge in [0.15, 0.2) is 0 Å². The minimum absolute atomic E-state index is 0.172. The number of anilines is 2. The minimum Gasteiger partial charge on any atom is -0.488 e. The number of ether oxygens (including phenoxy) is 1. The number of nitrogens with two attached hydrogens (primary N) is 2. The number of hydrogen-bond donors (Lipinski definition) is 2. The monoisotopic (exact) mass is 440 g/mol. The molecule has 0 spiro atoms. The van der Waals surface area contributed by atoms with Crippen LogP contribution in [0.4, 0.5) is 11.8 Å². The molecule has 1 aromatic heterocycles. The number of benzene rings is 1. The summed E-state index contributed by atoms with van der Waals surface area (Å²) in [5.74, 6) is 1.35. The molecule has 3 rings (SSSR count). The molecule has 6 heteroatoms. The van der Waals surface area contributed by atoms with Gasteiger partial charge in [-0.3, -0.25) is 0 Å². The molecule has 1 aliphatic carbocycles. The van der Waals surface area contributed by atoms with Crippen LogP contribution >= 0.6 is 22.6 Å². The van der Waals surface area contributed by atoms with E-state index in [1.807, 2.05) is 18.2 Å². The molecule has 130 valence electrons. The zero-order chi connectivity index (χ0) is 17.2. The van der Waals surface area contributed by atoms with Crippen LogP contribution in [0.15, 0.2) is 18.2 Å². The molecule has 0 radical (unpaired) electrons. The highest BCUT2D eigenvalue weighted by Crippen LogP contribution is 2.43. The van der Waals surface area contributed by atoms with Crippen LogP contribution < -0.4 is 16.2 Å². The predicted octanol–water partition coefficient (Wildman–Crippen LogP) is 4.48. The van der Waals surface area contributed by atoms with Crippen LogP contribution in [0.25, 0.3) is 10.9 Å². The molecule has 4 N–H and O–H groups in total. The van der Waals surface area contributed by atoms with Gasteiger partial charge in [-0.2, -0.15) is 4.98 Å². The van der Waals surface area contributed by atoms with Crippen LogP contribution in [0, 0.1) is 0 Å². The van der Waals surface area contributed by atoms with Crippen molar-refractivity contribution in [3.8, 4) is 5.75 Å². The fourth-order valence-corrected chi connectivity index (χ4v) is 4.80. The van der Waals surface area contributed by atoms with E-state index in [0.29, 0.717) is 5.82 Å². The van der Waals surface area contributed by atoms with E-state index in [-0.39, 0.29) is 15.5 Å². The van der Waals surface area contributed by atoms with Crippen molar-refractivity contribution < 1.29 is 4.74 Å². The molecule has 1 aromatic carbocycles. The van der Waals surface area contributed by atoms with Gasteiger partial charge < -0.3 is 16.2 Å². The normalized spacial score (nSPS) is 18.4. The Morgan fingerprint density at radius 1 is 1.21 bits per heavy atom. The molecule has 2 aromatic rings. The first-order chi connectivity index (χ1) is 11.5. The lowest BCUT2D eigenvalue weighted by Crippen LogP contribution is -2.42. The number of fused-ring (bicyclic) bond motifs is 1. The molecule has 1 atom stereocenters. The number of nitrogen functional groups attached to an aromatic ring is 2. The summed E-state index contributed by atoms with van der Waals surface area (Å²) >= 11 is 2.63. The first-order valence-electron chi connectivity index (χ1n) is 8.71. The molecule has 1 unspecified atom stereocenters. The van der Waals surface area contributed by atoms with E-state index in [9.17, 15) is 0 Å². The Morgan fingerprint density at radius 3 is 2.67 bits per heavy atom. The molecule has 1 aliphatic rings. The highest BCUT2D eigenvalue weighted by Gasteiger charge is 2.38. The molecule has 1 heterocycles. The van der Waals surface area contributed by atoms with E-state index < -0.39 is 0 Å². The predicted molar refractivity (Wildman–Crippen MR) is 108 cm³/mol. The van der Waals surface area contributed by atoms with Gasteiger partial charge in [-0.1, -0.05) is 61.3 Å². The fourth-order valence-electron chi connectivity index (χ4n) is 3.60. The molecule has 1 saturated carbocycles. The highest BCUT2D eigenvalue weighted by atomic mass is 127. The van der Waals surface area contributed by atoms with Gasteiger partial charge in [-0.15, -0.1) is 0 Å². The number of nitrogens with zero attached hydrogens (tertiary/aromatic N) is 2. The Bertz CT molecular complexity index is 715. The zero-order valence-electron chi connectivity index (χ0n) is 14.1. The Labute approximate surface area is 156 Å². The van der Waals surface area contributed by atoms with Crippen molar-refractivity contribution in [3.63, 3.8) is 0 Å². The van der Waals surface area contributed by atoms with Gasteiger partial charge in [0, 0.05) is 0 Å². The minimum atomic E-state index is 0.172. The number of hydrogen-bond acceptors (Lipinski definition) is 5. The van der Waals surface area contributed by atoms with Crippen LogP contribution in [0.1, 0.15) is 51.9 Å². The first kappa shape index (κ1) is 17.5. The van der Waals surface area contributed by atoms with Crippen molar-refractivity contribution >= 4 is 45.3 Å². The summed E-state index contributed by atoms with van der Waals surface area (Å²) in [7, 11) is 0. The third-order valence-electron chi connectivity index (χ3n) is 4.81. The molecule has 0 amide bonds. The molecule has 1 fully saturated rings. The summed E-state index contributed by atoms with van der Waals surface area (Å²) in [6.45, 7) is 2.21. The van der Waals surface area contributed by atoms with E-state index in [2.05, 4.69) is 39.5 Å². The van der Waals surface area contributed by atoms with Gasteiger partial charge >= 0.3 is 0 Å². The van der Waals surface area contributed by atoms with Gasteiger partial charge in [-0.25, -0.2) is 4.98 Å². The zero-order valence-corrected chi connectivity index (χ0v) is 16.3. The third kappa shape index (κ3) is 3.53. The lowest BCUT2D eigenvalue weighted by atomic mass is 9.83. The summed E-state index contributed by atoms with van der Waals surface area (Å²) in [5, 5.41) is 0.767. The second kappa shape index (κ2) is 7.29. The van der Waals surface area contributed by atoms with Gasteiger partial charge in [-0.05, 0) is 31.4 Å². The summed E-state index contributed by atoms with van der Waals surface area (Å²) in [5.41, 5.74) is 12.6. The number of rotatable bonds is 5. The second-order valence-electron chi connectivity index (χ2n) is 6.61. The quantitative estimate of drug-likeness (QED) is 0.529. The fraction of sp³-hybridized carbons (Fsp3) is 0.556. The van der Waals surface area contributed by atoms with Gasteiger partial charge in [0.05, 0.1) is 14.3 Å². The van der Waals surface area contributed by atoms with E-state index in [1.54, 1.807) is 0 Å². The van der Waals surface area contributed by atoms with Gasteiger partial charge in [0.2, 0.25) is 5.95 Å². The smallest absolute Gasteiger partial charge is 0.222 e. The van der Waals surface area contributed by atoms with Crippen molar-refractivity contribution in [2.45, 2.75) is 61.4 Å². The van der Waals surface area contributed by atoms with Crippen LogP contribution in [0.5, 0.6) is 5.75 Å². The maximum Gasteiger partial charge on any atom is 0.222 e. The summed E-state index contributed by atoms with van der Waals surface area (Å²) in [6.07, 6.45) is 8.62. The molecule has 0 saturated heterocycles. The summed E-state index contributed by atoms with van der Waals surface area (Å²) in [6, 6.07) is 5.79. The van der Waals surface area contributed by atoms with E-state index >= 15 is 0 Å². The number of aromatic nitrogens is 2. The number of alkyl halides is 1. The van der Waals surface area contributed by atoms with E-state index in [4.69, 9.17) is 16.2 Å². The van der Waals surface area contributed by atoms with Crippen molar-refractivity contribution in [2.75, 3.05) is 11.5 Å². The lowest BCUT2D eigenvalue weighted by Gasteiger charge is -2.39. The van der Waals surface area contributed by atoms with Crippen LogP contribution in [0.3, 0.4) is 0 Å². The van der Waals surface area contributed by atoms with Crippen molar-refractivity contribution in [3.05, 3.63) is 18.2 Å². The standard InChI is InChI=1S/C18H25IN4O/c1-2-7-14(18(19)10-4-3-5-11-18)24-13-9-6-8-12-15(13)16(20)23-17(21)22-12/h6,8-9,14H,2-5,7,10-11H2,1H3,(H4,20,21,22,23). The van der Waals surface area contributed by atoms with Crippen molar-refractivity contribution in [2.24, 2.45) is 0 Å². The third-order valence-corrected chi connectivity index (χ3v) is 6.59. The van der Waals surface area contributed by atoms with Gasteiger partial charge in [0.25, 0.3) is 0 Å². The average molecular weight is 440 g/mol. The maximum atomic E-state index is 6.52. The first-order valence-corrected chi connectivity index (χ1v) is 9.78. The lowest BCUT2D eigenvalue weighted by molar-refractivity contribution is 0.131. The average Bonchev–Trinajstić information content (AvgIpc) is 2.54. The maximum absolute atomic E-state index is 6.52. The van der Waals surface area contributed by atoms with Crippen LogP contribution in [-0.4, -0.2) is 19.5 Å². The molecular formula is C18H25IN4O. The van der Waals surface area contributed by atoms with Crippen LogP contribution in [-0.2, 0) is 0 Å².